The molecule has 1 aromatic heterocycles. The largest absolute Gasteiger partial charge is 0.339 e. The average Bonchev–Trinajstić information content (AvgIpc) is 3.35. The third kappa shape index (κ3) is 3.42. The highest BCUT2D eigenvalue weighted by Gasteiger charge is 2.29. The molecule has 0 radical (unpaired) electrons. The average molecular weight is 354 g/mol. The molecule has 3 aromatic rings. The van der Waals surface area contributed by atoms with Gasteiger partial charge in [0, 0.05) is 27.8 Å². The molecule has 1 saturated carbocycles. The quantitative estimate of drug-likeness (QED) is 0.729. The summed E-state index contributed by atoms with van der Waals surface area (Å²) in [5, 5.41) is 7.47. The van der Waals surface area contributed by atoms with E-state index in [2.05, 4.69) is 15.5 Å². The van der Waals surface area contributed by atoms with Crippen LogP contribution in [-0.4, -0.2) is 16.0 Å². The van der Waals surface area contributed by atoms with Crippen molar-refractivity contribution in [1.29, 1.82) is 0 Å². The molecule has 5 nitrogen and oxygen atoms in total. The summed E-state index contributed by atoms with van der Waals surface area (Å²) < 4.78 is 5.27. The minimum absolute atomic E-state index is 0.191. The van der Waals surface area contributed by atoms with Crippen molar-refractivity contribution in [3.63, 3.8) is 0 Å². The lowest BCUT2D eigenvalue weighted by Crippen LogP contribution is -2.12. The van der Waals surface area contributed by atoms with E-state index in [1.165, 1.54) is 0 Å². The number of anilines is 1. The Kier molecular flexibility index (Phi) is 4.01. The van der Waals surface area contributed by atoms with E-state index in [0.29, 0.717) is 33.9 Å². The first kappa shape index (κ1) is 15.8. The number of carbonyl (C=O) groups excluding carboxylic acids is 1. The van der Waals surface area contributed by atoms with Gasteiger partial charge in [-0.15, -0.1) is 0 Å². The molecule has 0 aliphatic heterocycles. The number of carbonyl (C=O) groups is 1. The van der Waals surface area contributed by atoms with Gasteiger partial charge in [-0.2, -0.15) is 4.98 Å². The molecule has 1 fully saturated rings. The van der Waals surface area contributed by atoms with Crippen molar-refractivity contribution in [2.24, 2.45) is 0 Å². The van der Waals surface area contributed by atoms with Crippen molar-refractivity contribution in [3.05, 3.63) is 64.5 Å². The van der Waals surface area contributed by atoms with E-state index >= 15 is 0 Å². The lowest BCUT2D eigenvalue weighted by atomic mass is 10.1. The van der Waals surface area contributed by atoms with E-state index in [1.54, 1.807) is 24.3 Å². The standard InChI is InChI=1S/C19H16ClN3O2/c1-11-2-9-15(20)10-16(11)21-18(24)13-5-3-12(4-6-13)17-22-19(25-23-17)14-7-8-14/h2-6,9-10,14H,7-8H2,1H3,(H,21,24). The Balaban J connectivity index is 1.50. The number of aryl methyl sites for hydroxylation is 1. The van der Waals surface area contributed by atoms with Gasteiger partial charge in [0.1, 0.15) is 0 Å². The summed E-state index contributed by atoms with van der Waals surface area (Å²) in [4.78, 5) is 16.8. The van der Waals surface area contributed by atoms with Gasteiger partial charge in [-0.3, -0.25) is 4.79 Å². The molecule has 0 unspecified atom stereocenters. The number of aromatic nitrogens is 2. The van der Waals surface area contributed by atoms with Crippen LogP contribution in [-0.2, 0) is 0 Å². The molecule has 1 N–H and O–H groups in total. The molecular weight excluding hydrogens is 338 g/mol. The fraction of sp³-hybridized carbons (Fsp3) is 0.211. The van der Waals surface area contributed by atoms with Gasteiger partial charge in [0.2, 0.25) is 11.7 Å². The summed E-state index contributed by atoms with van der Waals surface area (Å²) in [5.41, 5.74) is 3.03. The van der Waals surface area contributed by atoms with Gasteiger partial charge >= 0.3 is 0 Å². The van der Waals surface area contributed by atoms with Crippen molar-refractivity contribution in [1.82, 2.24) is 10.1 Å². The highest BCUT2D eigenvalue weighted by atomic mass is 35.5. The van der Waals surface area contributed by atoms with E-state index in [9.17, 15) is 4.79 Å². The third-order valence-corrected chi connectivity index (χ3v) is 4.46. The molecule has 1 aliphatic carbocycles. The Hall–Kier alpha value is -2.66. The predicted molar refractivity (Wildman–Crippen MR) is 95.9 cm³/mol. The number of halogens is 1. The summed E-state index contributed by atoms with van der Waals surface area (Å²) in [6.07, 6.45) is 2.23. The van der Waals surface area contributed by atoms with Crippen LogP contribution in [0.5, 0.6) is 0 Å². The minimum atomic E-state index is -0.191. The van der Waals surface area contributed by atoms with Crippen molar-refractivity contribution >= 4 is 23.2 Å². The maximum absolute atomic E-state index is 12.4. The number of nitrogens with one attached hydrogen (secondary N) is 1. The SMILES string of the molecule is Cc1ccc(Cl)cc1NC(=O)c1ccc(-c2noc(C3CC3)n2)cc1. The lowest BCUT2D eigenvalue weighted by molar-refractivity contribution is 0.102. The van der Waals surface area contributed by atoms with Crippen LogP contribution >= 0.6 is 11.6 Å². The summed E-state index contributed by atoms with van der Waals surface area (Å²) in [6.45, 7) is 1.92. The van der Waals surface area contributed by atoms with Crippen LogP contribution in [0.4, 0.5) is 5.69 Å². The zero-order chi connectivity index (χ0) is 17.4. The van der Waals surface area contributed by atoms with Crippen LogP contribution in [0.15, 0.2) is 47.0 Å². The Morgan fingerprint density at radius 3 is 2.68 bits per heavy atom. The molecule has 6 heteroatoms. The first-order valence-corrected chi connectivity index (χ1v) is 8.49. The highest BCUT2D eigenvalue weighted by Crippen LogP contribution is 2.39. The summed E-state index contributed by atoms with van der Waals surface area (Å²) in [7, 11) is 0. The monoisotopic (exact) mass is 353 g/mol. The van der Waals surface area contributed by atoms with Gasteiger partial charge < -0.3 is 9.84 Å². The zero-order valence-electron chi connectivity index (χ0n) is 13.6. The zero-order valence-corrected chi connectivity index (χ0v) is 14.4. The molecule has 1 heterocycles. The second-order valence-electron chi connectivity index (χ2n) is 6.22. The van der Waals surface area contributed by atoms with Gasteiger partial charge in [0.25, 0.3) is 5.91 Å². The second-order valence-corrected chi connectivity index (χ2v) is 6.66. The Morgan fingerprint density at radius 1 is 1.20 bits per heavy atom. The number of hydrogen-bond acceptors (Lipinski definition) is 4. The number of benzene rings is 2. The van der Waals surface area contributed by atoms with Gasteiger partial charge in [0.15, 0.2) is 0 Å². The van der Waals surface area contributed by atoms with Crippen LogP contribution in [0, 0.1) is 6.92 Å². The summed E-state index contributed by atoms with van der Waals surface area (Å²) in [6, 6.07) is 12.5. The minimum Gasteiger partial charge on any atom is -0.339 e. The Labute approximate surface area is 150 Å². The normalized spacial score (nSPS) is 13.7. The van der Waals surface area contributed by atoms with Crippen LogP contribution in [0.3, 0.4) is 0 Å². The molecule has 0 spiro atoms. The van der Waals surface area contributed by atoms with Gasteiger partial charge in [-0.25, -0.2) is 0 Å². The second kappa shape index (κ2) is 6.33. The van der Waals surface area contributed by atoms with Gasteiger partial charge in [0.05, 0.1) is 0 Å². The smallest absolute Gasteiger partial charge is 0.255 e. The van der Waals surface area contributed by atoms with Gasteiger partial charge in [-0.1, -0.05) is 35.0 Å². The van der Waals surface area contributed by atoms with E-state index in [1.807, 2.05) is 25.1 Å². The van der Waals surface area contributed by atoms with Crippen molar-refractivity contribution in [3.8, 4) is 11.4 Å². The van der Waals surface area contributed by atoms with E-state index in [4.69, 9.17) is 16.1 Å². The fourth-order valence-corrected chi connectivity index (χ4v) is 2.71. The fourth-order valence-electron chi connectivity index (χ4n) is 2.54. The van der Waals surface area contributed by atoms with Crippen molar-refractivity contribution in [2.75, 3.05) is 5.32 Å². The molecule has 0 atom stereocenters. The Bertz CT molecular complexity index is 930. The third-order valence-electron chi connectivity index (χ3n) is 4.22. The van der Waals surface area contributed by atoms with E-state index in [0.717, 1.165) is 24.0 Å². The highest BCUT2D eigenvalue weighted by molar-refractivity contribution is 6.31. The molecule has 25 heavy (non-hydrogen) atoms. The molecular formula is C19H16ClN3O2. The van der Waals surface area contributed by atoms with Gasteiger partial charge in [-0.05, 0) is 49.6 Å². The summed E-state index contributed by atoms with van der Waals surface area (Å²) >= 11 is 5.99. The number of amides is 1. The molecule has 1 amide bonds. The van der Waals surface area contributed by atoms with E-state index < -0.39 is 0 Å². The van der Waals surface area contributed by atoms with E-state index in [-0.39, 0.29) is 5.91 Å². The molecule has 0 saturated heterocycles. The van der Waals surface area contributed by atoms with Crippen LogP contribution in [0.1, 0.15) is 40.6 Å². The van der Waals surface area contributed by atoms with Crippen LogP contribution < -0.4 is 5.32 Å². The van der Waals surface area contributed by atoms with Crippen molar-refractivity contribution < 1.29 is 9.32 Å². The number of nitrogens with zero attached hydrogens (tertiary/aromatic N) is 2. The molecule has 0 bridgehead atoms. The summed E-state index contributed by atoms with van der Waals surface area (Å²) in [5.74, 6) is 1.49. The maximum Gasteiger partial charge on any atom is 0.255 e. The van der Waals surface area contributed by atoms with Crippen molar-refractivity contribution in [2.45, 2.75) is 25.7 Å². The number of rotatable bonds is 4. The number of hydrogen-bond donors (Lipinski definition) is 1. The van der Waals surface area contributed by atoms with Crippen LogP contribution in [0.2, 0.25) is 5.02 Å². The molecule has 126 valence electrons. The molecule has 1 aliphatic rings. The first-order valence-electron chi connectivity index (χ1n) is 8.12. The molecule has 4 rings (SSSR count). The molecule has 2 aromatic carbocycles. The predicted octanol–water partition coefficient (Wildman–Crippen LogP) is 4.83. The Morgan fingerprint density at radius 2 is 1.96 bits per heavy atom. The maximum atomic E-state index is 12.4. The lowest BCUT2D eigenvalue weighted by Gasteiger charge is -2.09. The van der Waals surface area contributed by atoms with Crippen LogP contribution in [0.25, 0.3) is 11.4 Å². The topological polar surface area (TPSA) is 68.0 Å². The first-order chi connectivity index (χ1) is 12.1.